The summed E-state index contributed by atoms with van der Waals surface area (Å²) < 4.78 is 5.37. The van der Waals surface area contributed by atoms with Crippen molar-refractivity contribution in [3.8, 4) is 0 Å². The van der Waals surface area contributed by atoms with Crippen LogP contribution in [0.2, 0.25) is 0 Å². The van der Waals surface area contributed by atoms with Gasteiger partial charge in [0.05, 0.1) is 6.61 Å². The van der Waals surface area contributed by atoms with E-state index in [1.54, 1.807) is 0 Å². The molecule has 0 bridgehead atoms. The standard InChI is InChI=1S/C17H30N2O2/c20-17(18-12-15-8-10-21-13-15)19-9-4-7-16(19)11-14-5-2-1-3-6-14/h14-16H,1-13H2,(H,18,20)/t15-,16-/m0/s1. The smallest absolute Gasteiger partial charge is 0.317 e. The molecule has 1 aliphatic carbocycles. The van der Waals surface area contributed by atoms with Gasteiger partial charge in [-0.3, -0.25) is 0 Å². The lowest BCUT2D eigenvalue weighted by molar-refractivity contribution is 0.171. The second kappa shape index (κ2) is 7.48. The highest BCUT2D eigenvalue weighted by atomic mass is 16.5. The number of likely N-dealkylation sites (tertiary alicyclic amines) is 1. The van der Waals surface area contributed by atoms with Gasteiger partial charge in [-0.05, 0) is 31.6 Å². The fourth-order valence-corrected chi connectivity index (χ4v) is 4.23. The summed E-state index contributed by atoms with van der Waals surface area (Å²) in [4.78, 5) is 14.5. The highest BCUT2D eigenvalue weighted by Gasteiger charge is 2.31. The van der Waals surface area contributed by atoms with Crippen LogP contribution < -0.4 is 5.32 Å². The fourth-order valence-electron chi connectivity index (χ4n) is 4.23. The zero-order valence-corrected chi connectivity index (χ0v) is 13.2. The van der Waals surface area contributed by atoms with Gasteiger partial charge in [0.1, 0.15) is 0 Å². The van der Waals surface area contributed by atoms with Gasteiger partial charge in [-0.25, -0.2) is 4.79 Å². The number of ether oxygens (including phenoxy) is 1. The van der Waals surface area contributed by atoms with Crippen molar-refractivity contribution in [2.45, 2.75) is 63.8 Å². The van der Waals surface area contributed by atoms with Gasteiger partial charge in [-0.2, -0.15) is 0 Å². The van der Waals surface area contributed by atoms with Crippen molar-refractivity contribution >= 4 is 6.03 Å². The zero-order chi connectivity index (χ0) is 14.5. The number of nitrogens with one attached hydrogen (secondary N) is 1. The van der Waals surface area contributed by atoms with Gasteiger partial charge in [0.2, 0.25) is 0 Å². The summed E-state index contributed by atoms with van der Waals surface area (Å²) in [5.41, 5.74) is 0. The van der Waals surface area contributed by atoms with E-state index in [0.29, 0.717) is 12.0 Å². The third kappa shape index (κ3) is 4.12. The minimum Gasteiger partial charge on any atom is -0.381 e. The van der Waals surface area contributed by atoms with Crippen LogP contribution in [0.5, 0.6) is 0 Å². The van der Waals surface area contributed by atoms with Gasteiger partial charge in [0.25, 0.3) is 0 Å². The molecule has 2 saturated heterocycles. The van der Waals surface area contributed by atoms with E-state index < -0.39 is 0 Å². The zero-order valence-electron chi connectivity index (χ0n) is 13.2. The first-order valence-corrected chi connectivity index (χ1v) is 8.95. The highest BCUT2D eigenvalue weighted by molar-refractivity contribution is 5.74. The number of rotatable bonds is 4. The van der Waals surface area contributed by atoms with Gasteiger partial charge in [0.15, 0.2) is 0 Å². The molecule has 0 unspecified atom stereocenters. The Kier molecular flexibility index (Phi) is 5.39. The van der Waals surface area contributed by atoms with Crippen LogP contribution in [0, 0.1) is 11.8 Å². The summed E-state index contributed by atoms with van der Waals surface area (Å²) in [6.45, 7) is 3.40. The molecule has 2 amide bonds. The first-order valence-electron chi connectivity index (χ1n) is 8.95. The molecule has 4 nitrogen and oxygen atoms in total. The summed E-state index contributed by atoms with van der Waals surface area (Å²) in [6.07, 6.45) is 11.7. The maximum atomic E-state index is 12.4. The average molecular weight is 294 g/mol. The molecule has 120 valence electrons. The van der Waals surface area contributed by atoms with Gasteiger partial charge in [0, 0.05) is 31.7 Å². The molecule has 1 N–H and O–H groups in total. The Balaban J connectivity index is 1.44. The molecule has 0 aromatic heterocycles. The number of carbonyl (C=O) groups excluding carboxylic acids is 1. The molecule has 2 heterocycles. The van der Waals surface area contributed by atoms with E-state index in [1.807, 2.05) is 0 Å². The normalized spacial score (nSPS) is 30.8. The van der Waals surface area contributed by atoms with Crippen molar-refractivity contribution in [2.75, 3.05) is 26.3 Å². The van der Waals surface area contributed by atoms with Crippen LogP contribution in [0.3, 0.4) is 0 Å². The second-order valence-corrected chi connectivity index (χ2v) is 7.14. The molecule has 21 heavy (non-hydrogen) atoms. The number of amides is 2. The van der Waals surface area contributed by atoms with Crippen molar-refractivity contribution in [3.63, 3.8) is 0 Å². The number of hydrogen-bond acceptors (Lipinski definition) is 2. The SMILES string of the molecule is O=C(NC[C@@H]1CCOC1)N1CCC[C@H]1CC1CCCCC1. The average Bonchev–Trinajstić information content (AvgIpc) is 3.17. The summed E-state index contributed by atoms with van der Waals surface area (Å²) in [5, 5.41) is 3.14. The first-order chi connectivity index (χ1) is 10.3. The van der Waals surface area contributed by atoms with E-state index in [-0.39, 0.29) is 6.03 Å². The Labute approximate surface area is 128 Å². The Bertz CT molecular complexity index is 336. The van der Waals surface area contributed by atoms with Crippen molar-refractivity contribution < 1.29 is 9.53 Å². The van der Waals surface area contributed by atoms with Crippen LogP contribution in [0.15, 0.2) is 0 Å². The number of urea groups is 1. The third-order valence-corrected chi connectivity index (χ3v) is 5.53. The number of carbonyl (C=O) groups is 1. The van der Waals surface area contributed by atoms with E-state index in [9.17, 15) is 4.79 Å². The minimum absolute atomic E-state index is 0.167. The molecule has 3 fully saturated rings. The van der Waals surface area contributed by atoms with E-state index >= 15 is 0 Å². The predicted molar refractivity (Wildman–Crippen MR) is 83.2 cm³/mol. The molecule has 0 spiro atoms. The van der Waals surface area contributed by atoms with E-state index in [1.165, 1.54) is 51.4 Å². The fraction of sp³-hybridized carbons (Fsp3) is 0.941. The van der Waals surface area contributed by atoms with Crippen LogP contribution in [0.4, 0.5) is 4.79 Å². The van der Waals surface area contributed by atoms with E-state index in [0.717, 1.165) is 38.6 Å². The molecule has 0 aromatic rings. The van der Waals surface area contributed by atoms with E-state index in [4.69, 9.17) is 4.74 Å². The quantitative estimate of drug-likeness (QED) is 0.865. The lowest BCUT2D eigenvalue weighted by atomic mass is 9.84. The Morgan fingerprint density at radius 3 is 2.67 bits per heavy atom. The molecular weight excluding hydrogens is 264 g/mol. The Morgan fingerprint density at radius 1 is 1.05 bits per heavy atom. The molecule has 3 aliphatic rings. The van der Waals surface area contributed by atoms with Gasteiger partial charge >= 0.3 is 6.03 Å². The van der Waals surface area contributed by atoms with Crippen molar-refractivity contribution in [1.82, 2.24) is 10.2 Å². The summed E-state index contributed by atoms with van der Waals surface area (Å²) in [6, 6.07) is 0.660. The summed E-state index contributed by atoms with van der Waals surface area (Å²) in [7, 11) is 0. The van der Waals surface area contributed by atoms with Crippen molar-refractivity contribution in [1.29, 1.82) is 0 Å². The predicted octanol–water partition coefficient (Wildman–Crippen LogP) is 3.17. The Morgan fingerprint density at radius 2 is 1.90 bits per heavy atom. The third-order valence-electron chi connectivity index (χ3n) is 5.53. The topological polar surface area (TPSA) is 41.6 Å². The van der Waals surface area contributed by atoms with Crippen LogP contribution in [-0.2, 0) is 4.74 Å². The highest BCUT2D eigenvalue weighted by Crippen LogP contribution is 2.32. The minimum atomic E-state index is 0.167. The van der Waals surface area contributed by atoms with Crippen LogP contribution in [0.1, 0.15) is 57.8 Å². The molecule has 2 atom stereocenters. The first kappa shape index (κ1) is 15.1. The molecule has 2 aliphatic heterocycles. The molecule has 1 saturated carbocycles. The molecular formula is C17H30N2O2. The maximum Gasteiger partial charge on any atom is 0.317 e. The van der Waals surface area contributed by atoms with Crippen LogP contribution in [-0.4, -0.2) is 43.3 Å². The summed E-state index contributed by atoms with van der Waals surface area (Å²) >= 11 is 0. The number of hydrogen-bond donors (Lipinski definition) is 1. The van der Waals surface area contributed by atoms with Crippen LogP contribution >= 0.6 is 0 Å². The molecule has 3 rings (SSSR count). The molecule has 0 aromatic carbocycles. The maximum absolute atomic E-state index is 12.4. The van der Waals surface area contributed by atoms with Crippen LogP contribution in [0.25, 0.3) is 0 Å². The van der Waals surface area contributed by atoms with Crippen molar-refractivity contribution in [2.24, 2.45) is 11.8 Å². The molecule has 4 heteroatoms. The number of nitrogens with zero attached hydrogens (tertiary/aromatic N) is 1. The lowest BCUT2D eigenvalue weighted by Crippen LogP contribution is -2.45. The monoisotopic (exact) mass is 294 g/mol. The van der Waals surface area contributed by atoms with Gasteiger partial charge in [-0.15, -0.1) is 0 Å². The van der Waals surface area contributed by atoms with Crippen molar-refractivity contribution in [3.05, 3.63) is 0 Å². The lowest BCUT2D eigenvalue weighted by Gasteiger charge is -2.30. The Hall–Kier alpha value is -0.770. The second-order valence-electron chi connectivity index (χ2n) is 7.14. The van der Waals surface area contributed by atoms with Gasteiger partial charge in [-0.1, -0.05) is 32.1 Å². The van der Waals surface area contributed by atoms with E-state index in [2.05, 4.69) is 10.2 Å². The molecule has 0 radical (unpaired) electrons. The largest absolute Gasteiger partial charge is 0.381 e. The summed E-state index contributed by atoms with van der Waals surface area (Å²) in [5.74, 6) is 1.38. The van der Waals surface area contributed by atoms with Gasteiger partial charge < -0.3 is 15.0 Å².